The lowest BCUT2D eigenvalue weighted by atomic mass is 9.75. The van der Waals surface area contributed by atoms with Crippen LogP contribution in [-0.4, -0.2) is 5.78 Å². The van der Waals surface area contributed by atoms with Gasteiger partial charge in [-0.05, 0) is 11.8 Å². The smallest absolute Gasteiger partial charge is 0.133 e. The molecule has 0 bridgehead atoms. The van der Waals surface area contributed by atoms with Gasteiger partial charge in [0, 0.05) is 12.8 Å². The summed E-state index contributed by atoms with van der Waals surface area (Å²) in [6.45, 7) is 4.42. The van der Waals surface area contributed by atoms with Gasteiger partial charge >= 0.3 is 0 Å². The number of ketones is 1. The van der Waals surface area contributed by atoms with E-state index >= 15 is 0 Å². The first-order valence-corrected chi connectivity index (χ1v) is 3.75. The first-order valence-electron chi connectivity index (χ1n) is 3.75. The maximum absolute atomic E-state index is 10.5. The molecular formula is C8H14O. The van der Waals surface area contributed by atoms with Crippen LogP contribution in [0.4, 0.5) is 0 Å². The van der Waals surface area contributed by atoms with Gasteiger partial charge in [-0.15, -0.1) is 0 Å². The molecule has 0 aliphatic heterocycles. The molecule has 0 saturated heterocycles. The molecule has 1 unspecified atom stereocenters. The molecule has 0 N–H and O–H groups in total. The van der Waals surface area contributed by atoms with Gasteiger partial charge in [0.15, 0.2) is 0 Å². The molecule has 1 aliphatic rings. The molecule has 1 heteroatoms. The molecule has 0 aromatic carbocycles. The van der Waals surface area contributed by atoms with E-state index < -0.39 is 0 Å². The summed E-state index contributed by atoms with van der Waals surface area (Å²) in [5, 5.41) is 0. The van der Waals surface area contributed by atoms with Crippen LogP contribution in [0.2, 0.25) is 0 Å². The van der Waals surface area contributed by atoms with Crippen LogP contribution in [0.5, 0.6) is 0 Å². The predicted octanol–water partition coefficient (Wildman–Crippen LogP) is 2.01. The number of carbonyl (C=O) groups excluding carboxylic acids is 1. The van der Waals surface area contributed by atoms with Crippen molar-refractivity contribution in [1.29, 1.82) is 0 Å². The van der Waals surface area contributed by atoms with Crippen molar-refractivity contribution >= 4 is 5.78 Å². The molecule has 1 saturated carbocycles. The Balaban J connectivity index is 2.23. The van der Waals surface area contributed by atoms with Gasteiger partial charge in [-0.2, -0.15) is 0 Å². The highest BCUT2D eigenvalue weighted by atomic mass is 16.1. The second-order valence-electron chi connectivity index (χ2n) is 3.09. The fourth-order valence-corrected chi connectivity index (χ4v) is 1.26. The van der Waals surface area contributed by atoms with Crippen LogP contribution in [0.3, 0.4) is 0 Å². The standard InChI is InChI=1S/C8H14O/c1-3-6(2)7-4-8(9)5-7/h6-7H,3-5H2,1-2H3. The lowest BCUT2D eigenvalue weighted by Crippen LogP contribution is -2.28. The Bertz CT molecular complexity index is 110. The molecule has 1 rings (SSSR count). The average Bonchev–Trinajstić information content (AvgIpc) is 1.79. The molecule has 0 aromatic heterocycles. The van der Waals surface area contributed by atoms with Crippen LogP contribution in [0.25, 0.3) is 0 Å². The van der Waals surface area contributed by atoms with Crippen molar-refractivity contribution in [1.82, 2.24) is 0 Å². The van der Waals surface area contributed by atoms with Crippen molar-refractivity contribution in [2.45, 2.75) is 33.1 Å². The summed E-state index contributed by atoms with van der Waals surface area (Å²) in [7, 11) is 0. The molecule has 1 fully saturated rings. The Hall–Kier alpha value is -0.330. The van der Waals surface area contributed by atoms with Crippen molar-refractivity contribution in [3.63, 3.8) is 0 Å². The predicted molar refractivity (Wildman–Crippen MR) is 37.2 cm³/mol. The third-order valence-corrected chi connectivity index (χ3v) is 2.43. The van der Waals surface area contributed by atoms with E-state index in [1.54, 1.807) is 0 Å². The maximum atomic E-state index is 10.5. The topological polar surface area (TPSA) is 17.1 Å². The third-order valence-electron chi connectivity index (χ3n) is 2.43. The van der Waals surface area contributed by atoms with Crippen molar-refractivity contribution < 1.29 is 4.79 Å². The van der Waals surface area contributed by atoms with Crippen molar-refractivity contribution in [2.75, 3.05) is 0 Å². The highest BCUT2D eigenvalue weighted by Gasteiger charge is 2.29. The maximum Gasteiger partial charge on any atom is 0.133 e. The zero-order valence-electron chi connectivity index (χ0n) is 6.18. The van der Waals surface area contributed by atoms with Crippen molar-refractivity contribution in [3.8, 4) is 0 Å². The SMILES string of the molecule is CCC(C)C1CC(=O)C1. The van der Waals surface area contributed by atoms with Crippen LogP contribution < -0.4 is 0 Å². The number of Topliss-reactive ketones (excluding diaryl/α,β-unsaturated/α-hetero) is 1. The van der Waals surface area contributed by atoms with Gasteiger partial charge in [0.2, 0.25) is 0 Å². The van der Waals surface area contributed by atoms with Gasteiger partial charge in [-0.3, -0.25) is 4.79 Å². The van der Waals surface area contributed by atoms with E-state index in [-0.39, 0.29) is 0 Å². The Morgan fingerprint density at radius 1 is 1.67 bits per heavy atom. The highest BCUT2D eigenvalue weighted by Crippen LogP contribution is 2.31. The second kappa shape index (κ2) is 2.51. The van der Waals surface area contributed by atoms with E-state index in [4.69, 9.17) is 0 Å². The molecule has 9 heavy (non-hydrogen) atoms. The van der Waals surface area contributed by atoms with E-state index in [1.165, 1.54) is 6.42 Å². The molecule has 0 amide bonds. The molecule has 0 radical (unpaired) electrons. The minimum Gasteiger partial charge on any atom is -0.300 e. The monoisotopic (exact) mass is 126 g/mol. The molecule has 52 valence electrons. The van der Waals surface area contributed by atoms with Gasteiger partial charge < -0.3 is 0 Å². The van der Waals surface area contributed by atoms with Crippen LogP contribution in [0.15, 0.2) is 0 Å². The molecule has 1 aliphatic carbocycles. The highest BCUT2D eigenvalue weighted by molar-refractivity contribution is 5.84. The number of rotatable bonds is 2. The fraction of sp³-hybridized carbons (Fsp3) is 0.875. The molecular weight excluding hydrogens is 112 g/mol. The summed E-state index contributed by atoms with van der Waals surface area (Å²) in [4.78, 5) is 10.5. The van der Waals surface area contributed by atoms with Crippen LogP contribution in [0.1, 0.15) is 33.1 Å². The number of hydrogen-bond donors (Lipinski definition) is 0. The molecule has 0 spiro atoms. The first-order chi connectivity index (χ1) is 4.24. The zero-order valence-corrected chi connectivity index (χ0v) is 6.18. The number of carbonyl (C=O) groups is 1. The van der Waals surface area contributed by atoms with Gasteiger partial charge in [0.1, 0.15) is 5.78 Å². The second-order valence-corrected chi connectivity index (χ2v) is 3.09. The van der Waals surface area contributed by atoms with Gasteiger partial charge in [0.25, 0.3) is 0 Å². The lowest BCUT2D eigenvalue weighted by Gasteiger charge is -2.29. The zero-order chi connectivity index (χ0) is 6.85. The quantitative estimate of drug-likeness (QED) is 0.553. The van der Waals surface area contributed by atoms with E-state index in [0.29, 0.717) is 5.78 Å². The molecule has 1 nitrogen and oxygen atoms in total. The van der Waals surface area contributed by atoms with Gasteiger partial charge in [-0.1, -0.05) is 20.3 Å². The Labute approximate surface area is 56.4 Å². The summed E-state index contributed by atoms with van der Waals surface area (Å²) < 4.78 is 0. The van der Waals surface area contributed by atoms with Gasteiger partial charge in [-0.25, -0.2) is 0 Å². The minimum atomic E-state index is 0.459. The van der Waals surface area contributed by atoms with Crippen LogP contribution in [0, 0.1) is 11.8 Å². The van der Waals surface area contributed by atoms with Crippen LogP contribution >= 0.6 is 0 Å². The summed E-state index contributed by atoms with van der Waals surface area (Å²) in [5.74, 6) is 1.95. The van der Waals surface area contributed by atoms with Crippen molar-refractivity contribution in [2.24, 2.45) is 11.8 Å². The third kappa shape index (κ3) is 1.32. The molecule has 0 heterocycles. The molecule has 0 aromatic rings. The number of hydrogen-bond acceptors (Lipinski definition) is 1. The summed E-state index contributed by atoms with van der Waals surface area (Å²) in [5.41, 5.74) is 0. The van der Waals surface area contributed by atoms with Crippen LogP contribution in [-0.2, 0) is 4.79 Å². The largest absolute Gasteiger partial charge is 0.300 e. The summed E-state index contributed by atoms with van der Waals surface area (Å²) in [6.07, 6.45) is 2.93. The average molecular weight is 126 g/mol. The Morgan fingerprint density at radius 2 is 2.22 bits per heavy atom. The fourth-order valence-electron chi connectivity index (χ4n) is 1.26. The van der Waals surface area contributed by atoms with Crippen molar-refractivity contribution in [3.05, 3.63) is 0 Å². The first kappa shape index (κ1) is 6.79. The normalized spacial score (nSPS) is 23.6. The van der Waals surface area contributed by atoms with E-state index in [2.05, 4.69) is 13.8 Å². The Kier molecular flexibility index (Phi) is 1.89. The van der Waals surface area contributed by atoms with E-state index in [9.17, 15) is 4.79 Å². The van der Waals surface area contributed by atoms with E-state index in [0.717, 1.165) is 24.7 Å². The summed E-state index contributed by atoms with van der Waals surface area (Å²) in [6, 6.07) is 0. The summed E-state index contributed by atoms with van der Waals surface area (Å²) >= 11 is 0. The van der Waals surface area contributed by atoms with E-state index in [1.807, 2.05) is 0 Å². The Morgan fingerprint density at radius 3 is 2.56 bits per heavy atom. The van der Waals surface area contributed by atoms with Gasteiger partial charge in [0.05, 0.1) is 0 Å². The minimum absolute atomic E-state index is 0.459. The molecule has 1 atom stereocenters. The lowest BCUT2D eigenvalue weighted by molar-refractivity contribution is -0.128.